The Kier molecular flexibility index (Phi) is 11.8. The summed E-state index contributed by atoms with van der Waals surface area (Å²) in [6.45, 7) is 8.22. The van der Waals surface area contributed by atoms with E-state index in [2.05, 4.69) is 17.0 Å². The van der Waals surface area contributed by atoms with E-state index in [1.165, 1.54) is 0 Å². The molecule has 0 radical (unpaired) electrons. The molecule has 0 aromatic heterocycles. The summed E-state index contributed by atoms with van der Waals surface area (Å²) < 4.78 is 27.9. The Bertz CT molecular complexity index is 663. The van der Waals surface area contributed by atoms with E-state index in [1.807, 2.05) is 20.8 Å². The van der Waals surface area contributed by atoms with Crippen molar-refractivity contribution in [3.05, 3.63) is 29.8 Å². The van der Waals surface area contributed by atoms with Gasteiger partial charge in [0.05, 0.1) is 4.90 Å². The molecule has 0 bridgehead atoms. The number of carbonyl (C=O) groups excluding carboxylic acids is 1. The molecule has 27 heavy (non-hydrogen) atoms. The summed E-state index contributed by atoms with van der Waals surface area (Å²) in [7, 11) is -3.77. The number of halogens is 1. The van der Waals surface area contributed by atoms with Gasteiger partial charge in [0.1, 0.15) is 6.04 Å². The van der Waals surface area contributed by atoms with E-state index >= 15 is 0 Å². The summed E-state index contributed by atoms with van der Waals surface area (Å²) in [4.78, 5) is 12.8. The number of hydrogen-bond donors (Lipinski definition) is 3. The number of nitrogens with two attached hydrogens (primary N) is 1. The highest BCUT2D eigenvalue weighted by Gasteiger charge is 2.27. The van der Waals surface area contributed by atoms with Crippen LogP contribution >= 0.6 is 12.4 Å². The summed E-state index contributed by atoms with van der Waals surface area (Å²) >= 11 is 0. The maximum absolute atomic E-state index is 12.7. The normalized spacial score (nSPS) is 13.7. The van der Waals surface area contributed by atoms with Gasteiger partial charge in [-0.3, -0.25) is 4.79 Å². The van der Waals surface area contributed by atoms with Crippen molar-refractivity contribution in [3.8, 4) is 0 Å². The van der Waals surface area contributed by atoms with Gasteiger partial charge < -0.3 is 11.1 Å². The van der Waals surface area contributed by atoms with Crippen molar-refractivity contribution in [1.82, 2.24) is 10.0 Å². The number of benzene rings is 1. The lowest BCUT2D eigenvalue weighted by Gasteiger charge is -2.24. The fraction of sp³-hybridized carbons (Fsp3) is 0.632. The molecule has 2 unspecified atom stereocenters. The van der Waals surface area contributed by atoms with E-state index < -0.39 is 16.1 Å². The lowest BCUT2D eigenvalue weighted by atomic mass is 10.0. The number of sulfonamides is 1. The molecule has 0 aliphatic heterocycles. The summed E-state index contributed by atoms with van der Waals surface area (Å²) in [5.41, 5.74) is 6.72. The SMILES string of the molecule is CCCCC(CN)NC(=O)C(CC(C)C)NS(=O)(=O)c1ccc(C)cc1.Cl. The van der Waals surface area contributed by atoms with E-state index in [0.717, 1.165) is 24.8 Å². The average Bonchev–Trinajstić information content (AvgIpc) is 2.57. The number of aryl methyl sites for hydroxylation is 1. The van der Waals surface area contributed by atoms with Gasteiger partial charge in [0.2, 0.25) is 15.9 Å². The highest BCUT2D eigenvalue weighted by atomic mass is 35.5. The number of unbranched alkanes of at least 4 members (excludes halogenated alkanes) is 1. The molecular formula is C19H34ClN3O3S. The van der Waals surface area contributed by atoms with Crippen molar-refractivity contribution in [2.24, 2.45) is 11.7 Å². The van der Waals surface area contributed by atoms with Gasteiger partial charge in [0.15, 0.2) is 0 Å². The monoisotopic (exact) mass is 419 g/mol. The first-order valence-electron chi connectivity index (χ1n) is 9.29. The minimum atomic E-state index is -3.77. The van der Waals surface area contributed by atoms with Crippen molar-refractivity contribution in [2.45, 2.75) is 70.4 Å². The van der Waals surface area contributed by atoms with E-state index in [4.69, 9.17) is 5.73 Å². The van der Waals surface area contributed by atoms with Gasteiger partial charge in [-0.15, -0.1) is 12.4 Å². The van der Waals surface area contributed by atoms with Crippen molar-refractivity contribution >= 4 is 28.3 Å². The third-order valence-corrected chi connectivity index (χ3v) is 5.68. The predicted molar refractivity (Wildman–Crippen MR) is 113 cm³/mol. The quantitative estimate of drug-likeness (QED) is 0.513. The molecule has 0 aliphatic rings. The Hall–Kier alpha value is -1.15. The van der Waals surface area contributed by atoms with Crippen LogP contribution in [0.2, 0.25) is 0 Å². The first kappa shape index (κ1) is 25.9. The van der Waals surface area contributed by atoms with Gasteiger partial charge in [0.25, 0.3) is 0 Å². The molecule has 0 heterocycles. The van der Waals surface area contributed by atoms with Crippen molar-refractivity contribution < 1.29 is 13.2 Å². The van der Waals surface area contributed by atoms with Crippen LogP contribution in [0, 0.1) is 12.8 Å². The first-order valence-corrected chi connectivity index (χ1v) is 10.8. The topological polar surface area (TPSA) is 101 Å². The third kappa shape index (κ3) is 9.06. The van der Waals surface area contributed by atoms with E-state index in [1.54, 1.807) is 24.3 Å². The fourth-order valence-electron chi connectivity index (χ4n) is 2.65. The molecule has 1 amide bonds. The fourth-order valence-corrected chi connectivity index (χ4v) is 3.86. The van der Waals surface area contributed by atoms with E-state index in [9.17, 15) is 13.2 Å². The minimum absolute atomic E-state index is 0. The number of rotatable bonds is 11. The summed E-state index contributed by atoms with van der Waals surface area (Å²) in [6.07, 6.45) is 3.19. The maximum atomic E-state index is 12.7. The second-order valence-corrected chi connectivity index (χ2v) is 8.91. The Labute approximate surface area is 170 Å². The number of hydrogen-bond acceptors (Lipinski definition) is 4. The molecular weight excluding hydrogens is 386 g/mol. The Morgan fingerprint density at radius 1 is 1.19 bits per heavy atom. The smallest absolute Gasteiger partial charge is 0.241 e. The van der Waals surface area contributed by atoms with Crippen LogP contribution in [0.3, 0.4) is 0 Å². The van der Waals surface area contributed by atoms with Gasteiger partial charge in [-0.2, -0.15) is 4.72 Å². The molecule has 156 valence electrons. The van der Waals surface area contributed by atoms with Crippen LogP contribution < -0.4 is 15.8 Å². The predicted octanol–water partition coefficient (Wildman–Crippen LogP) is 2.74. The summed E-state index contributed by atoms with van der Waals surface area (Å²) in [5, 5.41) is 2.90. The highest BCUT2D eigenvalue weighted by molar-refractivity contribution is 7.89. The maximum Gasteiger partial charge on any atom is 0.241 e. The highest BCUT2D eigenvalue weighted by Crippen LogP contribution is 2.14. The molecule has 0 saturated heterocycles. The van der Waals surface area contributed by atoms with Crippen LogP contribution in [0.4, 0.5) is 0 Å². The van der Waals surface area contributed by atoms with Crippen molar-refractivity contribution in [1.29, 1.82) is 0 Å². The lowest BCUT2D eigenvalue weighted by Crippen LogP contribution is -2.51. The van der Waals surface area contributed by atoms with Gasteiger partial charge in [-0.05, 0) is 37.8 Å². The summed E-state index contributed by atoms with van der Waals surface area (Å²) in [5.74, 6) is -0.153. The zero-order valence-corrected chi connectivity index (χ0v) is 18.3. The minimum Gasteiger partial charge on any atom is -0.351 e. The number of amides is 1. The molecule has 1 aromatic carbocycles. The first-order chi connectivity index (χ1) is 12.2. The average molecular weight is 420 g/mol. The largest absolute Gasteiger partial charge is 0.351 e. The molecule has 2 atom stereocenters. The summed E-state index contributed by atoms with van der Waals surface area (Å²) in [6, 6.07) is 5.61. The van der Waals surface area contributed by atoms with Gasteiger partial charge in [-0.25, -0.2) is 8.42 Å². The second kappa shape index (κ2) is 12.3. The molecule has 0 fully saturated rings. The van der Waals surface area contributed by atoms with Crippen molar-refractivity contribution in [2.75, 3.05) is 6.54 Å². The van der Waals surface area contributed by atoms with Gasteiger partial charge in [0, 0.05) is 12.6 Å². The number of nitrogens with one attached hydrogen (secondary N) is 2. The standard InChI is InChI=1S/C19H33N3O3S.ClH/c1-5-6-7-16(13-20)21-19(23)18(12-14(2)3)22-26(24,25)17-10-8-15(4)9-11-17;/h8-11,14,16,18,22H,5-7,12-13,20H2,1-4H3,(H,21,23);1H. The zero-order valence-electron chi connectivity index (χ0n) is 16.7. The van der Waals surface area contributed by atoms with Crippen LogP contribution in [0.25, 0.3) is 0 Å². The van der Waals surface area contributed by atoms with Gasteiger partial charge >= 0.3 is 0 Å². The number of carbonyl (C=O) groups is 1. The van der Waals surface area contributed by atoms with E-state index in [-0.39, 0.29) is 35.2 Å². The molecule has 1 rings (SSSR count). The molecule has 6 nitrogen and oxygen atoms in total. The Balaban J connectivity index is 0.00000676. The van der Waals surface area contributed by atoms with Crippen LogP contribution in [-0.4, -0.2) is 33.0 Å². The van der Waals surface area contributed by atoms with Gasteiger partial charge in [-0.1, -0.05) is 51.3 Å². The van der Waals surface area contributed by atoms with Crippen LogP contribution in [0.5, 0.6) is 0 Å². The molecule has 0 spiro atoms. The molecule has 0 saturated carbocycles. The van der Waals surface area contributed by atoms with Crippen LogP contribution in [0.1, 0.15) is 52.0 Å². The molecule has 1 aromatic rings. The second-order valence-electron chi connectivity index (χ2n) is 7.20. The lowest BCUT2D eigenvalue weighted by molar-refractivity contribution is -0.123. The van der Waals surface area contributed by atoms with Crippen LogP contribution in [0.15, 0.2) is 29.2 Å². The third-order valence-electron chi connectivity index (χ3n) is 4.19. The molecule has 8 heteroatoms. The van der Waals surface area contributed by atoms with E-state index in [0.29, 0.717) is 13.0 Å². The zero-order chi connectivity index (χ0) is 19.7. The molecule has 4 N–H and O–H groups in total. The Morgan fingerprint density at radius 2 is 1.78 bits per heavy atom. The molecule has 0 aliphatic carbocycles. The van der Waals surface area contributed by atoms with Crippen molar-refractivity contribution in [3.63, 3.8) is 0 Å². The Morgan fingerprint density at radius 3 is 2.26 bits per heavy atom. The van der Waals surface area contributed by atoms with Crippen LogP contribution in [-0.2, 0) is 14.8 Å².